The number of nitrogens with zero attached hydrogens (tertiary/aromatic N) is 1. The summed E-state index contributed by atoms with van der Waals surface area (Å²) in [7, 11) is 0. The molecule has 2 aliphatic heterocycles. The van der Waals surface area contributed by atoms with Gasteiger partial charge in [-0.1, -0.05) is 42.5 Å². The lowest BCUT2D eigenvalue weighted by Crippen LogP contribution is -2.47. The average molecular weight is 1880 g/mol. The van der Waals surface area contributed by atoms with E-state index < -0.39 is 224 Å². The normalized spacial score (nSPS) is 15.5. The maximum Gasteiger partial charge on any atom is 0.334 e. The van der Waals surface area contributed by atoms with Gasteiger partial charge < -0.3 is 193 Å². The van der Waals surface area contributed by atoms with Crippen LogP contribution < -0.4 is 113 Å². The number of nitrogens with one attached hydrogen (secondary N) is 3. The van der Waals surface area contributed by atoms with Crippen molar-refractivity contribution in [2.75, 3.05) is 39.5 Å². The van der Waals surface area contributed by atoms with E-state index in [0.29, 0.717) is 11.3 Å². The molecule has 16 atom stereocenters. The fourth-order valence-corrected chi connectivity index (χ4v) is 8.06. The number of carbonyl (C=O) groups is 20. The number of esters is 8. The monoisotopic (exact) mass is 1880 g/mol. The first-order valence-electron chi connectivity index (χ1n) is 38.7. The second-order valence-electron chi connectivity index (χ2n) is 27.3. The molecule has 0 bridgehead atoms. The van der Waals surface area contributed by atoms with E-state index in [1.165, 1.54) is 39.2 Å². The highest BCUT2D eigenvalue weighted by atomic mass is 16.6. The number of carbonyl (C=O) groups excluding carboxylic acids is 11. The van der Waals surface area contributed by atoms with Crippen LogP contribution in [0.3, 0.4) is 0 Å². The summed E-state index contributed by atoms with van der Waals surface area (Å²) in [6.07, 6.45) is 5.90. The summed E-state index contributed by atoms with van der Waals surface area (Å²) in [6.45, 7) is 3.97. The van der Waals surface area contributed by atoms with E-state index in [9.17, 15) is 95.9 Å². The third-order valence-corrected chi connectivity index (χ3v) is 15.6. The van der Waals surface area contributed by atoms with Gasteiger partial charge in [-0.15, -0.1) is 0 Å². The number of carboxylic acid groups (broad SMARTS) is 9. The summed E-state index contributed by atoms with van der Waals surface area (Å²) in [6, 6.07) is 1.00. The molecule has 0 unspecified atom stereocenters. The maximum absolute atomic E-state index is 11.8. The lowest BCUT2D eigenvalue weighted by molar-refractivity contribution is -0.164. The van der Waals surface area contributed by atoms with Crippen molar-refractivity contribution in [2.45, 2.75) is 207 Å². The first-order valence-corrected chi connectivity index (χ1v) is 38.7. The topological polar surface area (TPSA) is 1090 Å². The first kappa shape index (κ1) is 126. The summed E-state index contributed by atoms with van der Waals surface area (Å²) in [5, 5.41) is 88.8. The molecule has 131 heavy (non-hydrogen) atoms. The quantitative estimate of drug-likeness (QED) is 0.0109. The Morgan fingerprint density at radius 2 is 0.840 bits per heavy atom. The zero-order valence-corrected chi connectivity index (χ0v) is 71.6. The molecule has 57 nitrogen and oxygen atoms in total. The van der Waals surface area contributed by atoms with E-state index in [-0.39, 0.29) is 88.6 Å². The predicted molar refractivity (Wildman–Crippen MR) is 450 cm³/mol. The Hall–Kier alpha value is -13.2. The summed E-state index contributed by atoms with van der Waals surface area (Å²) in [5.41, 5.74) is 89.9. The van der Waals surface area contributed by atoms with Gasteiger partial charge in [-0.25, -0.2) is 29.0 Å². The van der Waals surface area contributed by atoms with E-state index in [0.717, 1.165) is 44.3 Å². The van der Waals surface area contributed by atoms with Gasteiger partial charge in [0.15, 0.2) is 0 Å². The molecule has 0 spiro atoms. The number of hydrogen-bond acceptors (Lipinski definition) is 44. The number of aliphatic hydroxyl groups excluding tert-OH is 1. The van der Waals surface area contributed by atoms with Crippen LogP contribution >= 0.6 is 0 Å². The van der Waals surface area contributed by atoms with Gasteiger partial charge in [-0.2, -0.15) is 0 Å². The maximum atomic E-state index is 11.8. The number of nitrogens with two attached hydrogens (primary N) is 17. The molecule has 47 N–H and O–H groups in total. The Labute approximate surface area is 746 Å². The number of imidazole rings is 1. The van der Waals surface area contributed by atoms with Crippen molar-refractivity contribution in [3.63, 3.8) is 0 Å². The average Bonchev–Trinajstić information content (AvgIpc) is 1.87. The number of carboxylic acids is 9. The van der Waals surface area contributed by atoms with Crippen molar-refractivity contribution in [3.05, 3.63) is 83.9 Å². The zero-order chi connectivity index (χ0) is 102. The molecule has 2 saturated heterocycles. The molecular weight excluding hydrogens is 1760 g/mol. The van der Waals surface area contributed by atoms with Crippen molar-refractivity contribution < 1.29 is 175 Å². The van der Waals surface area contributed by atoms with E-state index in [1.54, 1.807) is 18.3 Å². The molecule has 1 aromatic heterocycles. The number of aromatic amines is 1. The van der Waals surface area contributed by atoms with E-state index in [4.69, 9.17) is 151 Å². The second kappa shape index (κ2) is 71.7. The molecule has 2 aliphatic rings. The molecule has 0 radical (unpaired) electrons. The Balaban J connectivity index is -0.000000462. The Morgan fingerprint density at radius 3 is 1.21 bits per heavy atom. The molecule has 740 valence electrons. The number of aliphatic carboxylic acids is 9. The highest BCUT2D eigenvalue weighted by Gasteiger charge is 2.31. The molecule has 2 aromatic carbocycles. The van der Waals surface area contributed by atoms with Crippen LogP contribution in [-0.2, 0) is 139 Å². The molecule has 5 rings (SSSR count). The van der Waals surface area contributed by atoms with Gasteiger partial charge in [-0.3, -0.25) is 71.9 Å². The van der Waals surface area contributed by atoms with E-state index in [2.05, 4.69) is 46.3 Å². The molecule has 57 heteroatoms. The largest absolute Gasteiger partial charge is 0.481 e. The van der Waals surface area contributed by atoms with Crippen LogP contribution in [0.1, 0.15) is 108 Å². The molecule has 3 amide bonds. The predicted octanol–water partition coefficient (Wildman–Crippen LogP) is -11.9. The number of amides is 3. The fourth-order valence-electron chi connectivity index (χ4n) is 8.06. The van der Waals surface area contributed by atoms with Gasteiger partial charge in [0.2, 0.25) is 17.7 Å². The van der Waals surface area contributed by atoms with Crippen LogP contribution in [0, 0.1) is 0 Å². The third kappa shape index (κ3) is 67.7. The van der Waals surface area contributed by atoms with Crippen LogP contribution in [0.2, 0.25) is 0 Å². The summed E-state index contributed by atoms with van der Waals surface area (Å²) >= 11 is 0. The van der Waals surface area contributed by atoms with Gasteiger partial charge in [0.1, 0.15) is 116 Å². The number of rotatable bonds is 41. The number of primary amides is 3. The number of benzene rings is 2. The second-order valence-corrected chi connectivity index (χ2v) is 27.3. The van der Waals surface area contributed by atoms with E-state index >= 15 is 0 Å². The van der Waals surface area contributed by atoms with Gasteiger partial charge in [-0.05, 0) is 115 Å². The van der Waals surface area contributed by atoms with Gasteiger partial charge in [0.25, 0.3) is 0 Å². The minimum atomic E-state index is -1.38. The number of aliphatic hydroxyl groups is 1. The minimum absolute atomic E-state index is 0.00226. The zero-order valence-electron chi connectivity index (χ0n) is 71.6. The van der Waals surface area contributed by atoms with E-state index in [1.807, 2.05) is 30.3 Å². The molecule has 2 fully saturated rings. The van der Waals surface area contributed by atoms with Crippen molar-refractivity contribution in [2.24, 2.45) is 97.5 Å². The fraction of sp³-hybridized carbons (Fsp3) is 0.527. The number of H-pyrrole nitrogens is 1. The van der Waals surface area contributed by atoms with Crippen molar-refractivity contribution >= 4 is 119 Å². The molecule has 0 saturated carbocycles. The van der Waals surface area contributed by atoms with Crippen LogP contribution in [0.25, 0.3) is 0 Å². The molecular formula is C74H123N21O36. The van der Waals surface area contributed by atoms with Gasteiger partial charge in [0, 0.05) is 31.9 Å². The first-order chi connectivity index (χ1) is 60.8. The highest BCUT2D eigenvalue weighted by Crippen LogP contribution is 2.15. The van der Waals surface area contributed by atoms with Crippen molar-refractivity contribution in [1.29, 1.82) is 0 Å². The van der Waals surface area contributed by atoms with Crippen LogP contribution in [0.5, 0.6) is 5.75 Å². The molecule has 3 aromatic rings. The lowest BCUT2D eigenvalue weighted by Gasteiger charge is -2.20. The van der Waals surface area contributed by atoms with Crippen LogP contribution in [-0.4, -0.2) is 316 Å². The lowest BCUT2D eigenvalue weighted by atomic mass is 10.1. The molecule has 3 heterocycles. The van der Waals surface area contributed by atoms with Gasteiger partial charge >= 0.3 is 101 Å². The Kier molecular flexibility index (Phi) is 69.1. The summed E-state index contributed by atoms with van der Waals surface area (Å²) in [5.74, 6) is -17.5. The van der Waals surface area contributed by atoms with Crippen LogP contribution in [0.4, 0.5) is 0 Å². The Bertz CT molecular complexity index is 4000. The number of hydrogen-bond donors (Lipinski definition) is 30. The minimum Gasteiger partial charge on any atom is -0.481 e. The summed E-state index contributed by atoms with van der Waals surface area (Å²) in [4.78, 5) is 219. The standard InChI is InChI=1S/C16H23N3O6.C14H19N3O5.C9H17N3O6.C8H14N2O3.C6H9N3O2.C5H10N2O3.C5H9NO4.C5H9NO2.C4H8N2O3.C2H5NO2/c1-9(13(19)14(20)21)25-16(23)12(18)8-24-15(22)11(17)7-10-5-3-2-4-6-10;15-10(5-6-12(17)18)14(21)22-9-3-1-8(2-4-9)7-11(16)13(19)20;1-4(10)7(14)18-9(16)6(12)3-17-8(15)5(11)2-13;1-5(9)7(11)13-8(12)6-3-2-4-10-6;7-5(6(10)11)1-4-2-8-3-9-4;2*6-3(5(9)10)1-2-4(7)8;7-5(8)4-2-1-3-6-4;5-2(4(8)9)1-3(6)7;3-1-2(4)5/h2-6,9,11-13H,7-8,17-19H2,1H3,(H,20,21);1-4,10-11H,5-7,15-16H2,(H2,17,18)(H,19,20);4-6,13H,2-3,10-12H2,1H3;5-6,10H,2-4,9H2,1H3;2-3,5H,1,7H2,(H,8,9)(H,10,11);3H,1-2,6H2,(H2,7,8)(H,9,10);3H,1-2,6H2,(H,7,8)(H,9,10);4,6H,1-3H2,(H,7,8);2H,1,5H2,(H2,6,7)(H,8,9);1,3H2,(H,4,5)/t9-,11+,12+,13+;10-,11-;4-,5-,6-;5-,6-;5-;2*3-;4-;2-;/m100000000./s1. The third-order valence-electron chi connectivity index (χ3n) is 15.6. The summed E-state index contributed by atoms with van der Waals surface area (Å²) < 4.78 is 28.1. The van der Waals surface area contributed by atoms with Gasteiger partial charge in [0.05, 0.1) is 31.6 Å². The van der Waals surface area contributed by atoms with Crippen molar-refractivity contribution in [3.8, 4) is 5.75 Å². The highest BCUT2D eigenvalue weighted by molar-refractivity contribution is 5.92. The smallest absolute Gasteiger partial charge is 0.334 e. The molecule has 0 aliphatic carbocycles. The number of ether oxygens (including phenoxy) is 6. The number of aromatic nitrogens is 2. The van der Waals surface area contributed by atoms with Crippen molar-refractivity contribution in [1.82, 2.24) is 20.6 Å². The SMILES string of the molecule is C[C@@H](OC(=O)[C@@H](N)COC(=O)[C@@H](N)Cc1ccccc1)[C@H](N)C(=O)O.C[C@H](N)C(=O)OC(=O)[C@@H](N)COC(=O)[C@@H](N)CO.C[C@H](N)C(=O)OC(=O)[C@@H]1CCCN1.NC(=O)CC[C@H](N)C(=O)O.NC(=O)CC[C@H](N)C(=O)Oc1ccc(C[C@H](N)C(=O)O)cc1.NC(=O)C[C@H](N)C(=O)O.NCC(=O)O.N[C@@H](CCC(=O)O)C(=O)O.N[C@@H](Cc1c[nH]cn1)C(=O)O.O=C(O)[C@@H]1CCCN1. The van der Waals surface area contributed by atoms with Crippen LogP contribution in [0.15, 0.2) is 67.1 Å². The Morgan fingerprint density at radius 1 is 0.427 bits per heavy atom.